The molecule has 2 rings (SSSR count). The predicted molar refractivity (Wildman–Crippen MR) is 72.5 cm³/mol. The summed E-state index contributed by atoms with van der Waals surface area (Å²) in [6.45, 7) is 3.42. The third-order valence-corrected chi connectivity index (χ3v) is 4.05. The second-order valence-electron chi connectivity index (χ2n) is 4.84. The SMILES string of the molecule is C=COC(=O)C1(c2ccc(F)cc2Cl)CCCCC1. The van der Waals surface area contributed by atoms with E-state index in [1.165, 1.54) is 12.1 Å². The number of hydrogen-bond donors (Lipinski definition) is 0. The molecule has 0 heterocycles. The number of carbonyl (C=O) groups excluding carboxylic acids is 1. The first-order valence-electron chi connectivity index (χ1n) is 6.38. The molecule has 4 heteroatoms. The van der Waals surface area contributed by atoms with Crippen LogP contribution in [0, 0.1) is 5.82 Å². The Bertz CT molecular complexity index is 493. The number of carbonyl (C=O) groups is 1. The Morgan fingerprint density at radius 1 is 1.37 bits per heavy atom. The van der Waals surface area contributed by atoms with Crippen molar-refractivity contribution in [2.75, 3.05) is 0 Å². The lowest BCUT2D eigenvalue weighted by molar-refractivity contribution is -0.146. The number of benzene rings is 1. The average molecular weight is 283 g/mol. The van der Waals surface area contributed by atoms with Crippen LogP contribution in [0.5, 0.6) is 0 Å². The molecule has 1 aliphatic carbocycles. The van der Waals surface area contributed by atoms with Crippen LogP contribution in [0.3, 0.4) is 0 Å². The third kappa shape index (κ3) is 2.66. The van der Waals surface area contributed by atoms with Crippen LogP contribution in [0.1, 0.15) is 37.7 Å². The van der Waals surface area contributed by atoms with Gasteiger partial charge in [0.2, 0.25) is 0 Å². The van der Waals surface area contributed by atoms with Gasteiger partial charge < -0.3 is 4.74 Å². The topological polar surface area (TPSA) is 26.3 Å². The Labute approximate surface area is 117 Å². The van der Waals surface area contributed by atoms with Gasteiger partial charge in [-0.1, -0.05) is 43.5 Å². The van der Waals surface area contributed by atoms with Crippen molar-refractivity contribution in [3.05, 3.63) is 47.4 Å². The van der Waals surface area contributed by atoms with Crippen molar-refractivity contribution in [1.82, 2.24) is 0 Å². The molecule has 0 bridgehead atoms. The lowest BCUT2D eigenvalue weighted by Crippen LogP contribution is -2.39. The summed E-state index contributed by atoms with van der Waals surface area (Å²) in [4.78, 5) is 12.3. The smallest absolute Gasteiger partial charge is 0.321 e. The second kappa shape index (κ2) is 5.74. The Morgan fingerprint density at radius 3 is 2.63 bits per heavy atom. The zero-order valence-electron chi connectivity index (χ0n) is 10.6. The van der Waals surface area contributed by atoms with Gasteiger partial charge in [0.1, 0.15) is 5.82 Å². The molecule has 0 unspecified atom stereocenters. The van der Waals surface area contributed by atoms with E-state index in [1.807, 2.05) is 0 Å². The minimum atomic E-state index is -0.767. The van der Waals surface area contributed by atoms with Crippen LogP contribution in [0.2, 0.25) is 5.02 Å². The third-order valence-electron chi connectivity index (χ3n) is 3.73. The molecule has 1 aromatic rings. The van der Waals surface area contributed by atoms with Gasteiger partial charge in [-0.25, -0.2) is 4.39 Å². The van der Waals surface area contributed by atoms with E-state index in [1.54, 1.807) is 6.07 Å². The van der Waals surface area contributed by atoms with E-state index in [-0.39, 0.29) is 11.0 Å². The summed E-state index contributed by atoms with van der Waals surface area (Å²) < 4.78 is 18.2. The molecular weight excluding hydrogens is 267 g/mol. The van der Waals surface area contributed by atoms with Crippen molar-refractivity contribution in [1.29, 1.82) is 0 Å². The molecule has 0 spiro atoms. The Morgan fingerprint density at radius 2 is 2.05 bits per heavy atom. The van der Waals surface area contributed by atoms with E-state index < -0.39 is 11.2 Å². The maximum Gasteiger partial charge on any atom is 0.321 e. The second-order valence-corrected chi connectivity index (χ2v) is 5.25. The summed E-state index contributed by atoms with van der Waals surface area (Å²) in [6.07, 6.45) is 5.42. The van der Waals surface area contributed by atoms with Gasteiger partial charge in [0.05, 0.1) is 11.7 Å². The number of esters is 1. The molecular formula is C15H16ClFO2. The maximum absolute atomic E-state index is 13.2. The van der Waals surface area contributed by atoms with Crippen LogP contribution < -0.4 is 0 Å². The normalized spacial score (nSPS) is 17.8. The van der Waals surface area contributed by atoms with Gasteiger partial charge in [-0.2, -0.15) is 0 Å². The molecule has 1 aromatic carbocycles. The summed E-state index contributed by atoms with van der Waals surface area (Å²) in [7, 11) is 0. The summed E-state index contributed by atoms with van der Waals surface area (Å²) in [6, 6.07) is 4.17. The molecule has 0 atom stereocenters. The highest BCUT2D eigenvalue weighted by Gasteiger charge is 2.43. The Balaban J connectivity index is 2.47. The van der Waals surface area contributed by atoms with Crippen LogP contribution in [0.4, 0.5) is 4.39 Å². The summed E-state index contributed by atoms with van der Waals surface area (Å²) in [5.41, 5.74) is -0.112. The quantitative estimate of drug-likeness (QED) is 0.608. The monoisotopic (exact) mass is 282 g/mol. The summed E-state index contributed by atoms with van der Waals surface area (Å²) in [5.74, 6) is -0.757. The van der Waals surface area contributed by atoms with Crippen molar-refractivity contribution >= 4 is 17.6 Å². The highest BCUT2D eigenvalue weighted by Crippen LogP contribution is 2.43. The standard InChI is InChI=1S/C15H16ClFO2/c1-2-19-14(18)15(8-4-3-5-9-15)12-7-6-11(17)10-13(12)16/h2,6-7,10H,1,3-5,8-9H2. The highest BCUT2D eigenvalue weighted by molar-refractivity contribution is 6.31. The van der Waals surface area contributed by atoms with Crippen LogP contribution in [-0.2, 0) is 14.9 Å². The zero-order valence-corrected chi connectivity index (χ0v) is 11.4. The van der Waals surface area contributed by atoms with Gasteiger partial charge in [0.25, 0.3) is 0 Å². The number of rotatable bonds is 3. The lowest BCUT2D eigenvalue weighted by Gasteiger charge is -2.35. The average Bonchev–Trinajstić information content (AvgIpc) is 2.39. The van der Waals surface area contributed by atoms with E-state index >= 15 is 0 Å². The first kappa shape index (κ1) is 14.1. The van der Waals surface area contributed by atoms with E-state index in [9.17, 15) is 9.18 Å². The van der Waals surface area contributed by atoms with Crippen LogP contribution in [0.15, 0.2) is 31.0 Å². The summed E-state index contributed by atoms with van der Waals surface area (Å²) in [5, 5.41) is 0.280. The van der Waals surface area contributed by atoms with Crippen LogP contribution in [0.25, 0.3) is 0 Å². The molecule has 102 valence electrons. The molecule has 0 aromatic heterocycles. The Kier molecular flexibility index (Phi) is 4.25. The van der Waals surface area contributed by atoms with Crippen molar-refractivity contribution in [3.8, 4) is 0 Å². The predicted octanol–water partition coefficient (Wildman–Crippen LogP) is 4.37. The largest absolute Gasteiger partial charge is 0.434 e. The fourth-order valence-electron chi connectivity index (χ4n) is 2.80. The lowest BCUT2D eigenvalue weighted by atomic mass is 9.69. The molecule has 1 aliphatic rings. The van der Waals surface area contributed by atoms with Crippen LogP contribution in [-0.4, -0.2) is 5.97 Å². The number of halogens is 2. The molecule has 0 saturated heterocycles. The fraction of sp³-hybridized carbons (Fsp3) is 0.400. The van der Waals surface area contributed by atoms with Crippen molar-refractivity contribution in [3.63, 3.8) is 0 Å². The van der Waals surface area contributed by atoms with Gasteiger partial charge in [-0.05, 0) is 30.5 Å². The minimum Gasteiger partial charge on any atom is -0.434 e. The molecule has 0 amide bonds. The zero-order chi connectivity index (χ0) is 13.9. The van der Waals surface area contributed by atoms with Gasteiger partial charge in [-0.15, -0.1) is 0 Å². The van der Waals surface area contributed by atoms with Crippen LogP contribution >= 0.6 is 11.6 Å². The molecule has 2 nitrogen and oxygen atoms in total. The molecule has 0 radical (unpaired) electrons. The van der Waals surface area contributed by atoms with Crippen molar-refractivity contribution in [2.24, 2.45) is 0 Å². The first-order valence-corrected chi connectivity index (χ1v) is 6.75. The molecule has 0 aliphatic heterocycles. The van der Waals surface area contributed by atoms with Crippen molar-refractivity contribution in [2.45, 2.75) is 37.5 Å². The number of hydrogen-bond acceptors (Lipinski definition) is 2. The van der Waals surface area contributed by atoms with E-state index in [4.69, 9.17) is 16.3 Å². The summed E-state index contributed by atoms with van der Waals surface area (Å²) >= 11 is 6.12. The van der Waals surface area contributed by atoms with E-state index in [2.05, 4.69) is 6.58 Å². The number of ether oxygens (including phenoxy) is 1. The van der Waals surface area contributed by atoms with E-state index in [0.29, 0.717) is 18.4 Å². The fourth-order valence-corrected chi connectivity index (χ4v) is 3.15. The minimum absolute atomic E-state index is 0.280. The molecule has 1 fully saturated rings. The van der Waals surface area contributed by atoms with Gasteiger partial charge in [0, 0.05) is 5.02 Å². The molecule has 1 saturated carbocycles. The maximum atomic E-state index is 13.2. The van der Waals surface area contributed by atoms with Gasteiger partial charge >= 0.3 is 5.97 Å². The van der Waals surface area contributed by atoms with E-state index in [0.717, 1.165) is 25.5 Å². The van der Waals surface area contributed by atoms with Gasteiger partial charge in [-0.3, -0.25) is 4.79 Å². The highest BCUT2D eigenvalue weighted by atomic mass is 35.5. The molecule has 0 N–H and O–H groups in total. The van der Waals surface area contributed by atoms with Crippen molar-refractivity contribution < 1.29 is 13.9 Å². The first-order chi connectivity index (χ1) is 9.10. The van der Waals surface area contributed by atoms with Gasteiger partial charge in [0.15, 0.2) is 0 Å². The molecule has 19 heavy (non-hydrogen) atoms. The Hall–Kier alpha value is -1.35.